The van der Waals surface area contributed by atoms with Gasteiger partial charge in [-0.05, 0) is 62.6 Å². The van der Waals surface area contributed by atoms with Crippen LogP contribution in [-0.2, 0) is 26.2 Å². The van der Waals surface area contributed by atoms with E-state index in [1.807, 2.05) is 31.2 Å². The summed E-state index contributed by atoms with van der Waals surface area (Å²) in [5.74, 6) is -0.572. The van der Waals surface area contributed by atoms with Crippen LogP contribution in [0.5, 0.6) is 5.75 Å². The summed E-state index contributed by atoms with van der Waals surface area (Å²) in [4.78, 5) is 28.9. The average molecular weight is 598 g/mol. The number of nitrogens with zero attached hydrogens (tertiary/aromatic N) is 2. The molecule has 2 amide bonds. The highest BCUT2D eigenvalue weighted by Crippen LogP contribution is 2.35. The lowest BCUT2D eigenvalue weighted by atomic mass is 10.1. The molecule has 1 N–H and O–H groups in total. The Morgan fingerprint density at radius 3 is 2.39 bits per heavy atom. The number of halogens is 1. The molecule has 0 bridgehead atoms. The van der Waals surface area contributed by atoms with Gasteiger partial charge in [0.1, 0.15) is 18.3 Å². The maximum Gasteiger partial charge on any atom is 0.264 e. The molecule has 0 heterocycles. The molecule has 4 rings (SSSR count). The van der Waals surface area contributed by atoms with Crippen LogP contribution in [0, 0.1) is 6.92 Å². The Balaban J connectivity index is 1.73. The number of amides is 2. The Morgan fingerprint density at radius 2 is 1.73 bits per heavy atom. The fraction of sp³-hybridized carbons (Fsp3) is 0.355. The van der Waals surface area contributed by atoms with Gasteiger partial charge in [0.2, 0.25) is 11.8 Å². The van der Waals surface area contributed by atoms with Gasteiger partial charge in [0.05, 0.1) is 17.7 Å². The first-order chi connectivity index (χ1) is 19.6. The molecule has 0 unspecified atom stereocenters. The average Bonchev–Trinajstić information content (AvgIpc) is 3.47. The Hall–Kier alpha value is -3.56. The number of nitrogens with one attached hydrogen (secondary N) is 1. The van der Waals surface area contributed by atoms with E-state index in [2.05, 4.69) is 5.32 Å². The minimum Gasteiger partial charge on any atom is -0.495 e. The van der Waals surface area contributed by atoms with E-state index in [1.54, 1.807) is 37.3 Å². The molecule has 1 atom stereocenters. The van der Waals surface area contributed by atoms with Crippen molar-refractivity contribution in [2.75, 3.05) is 18.0 Å². The van der Waals surface area contributed by atoms with Crippen LogP contribution in [0.4, 0.5) is 5.69 Å². The van der Waals surface area contributed by atoms with E-state index in [9.17, 15) is 18.0 Å². The summed E-state index contributed by atoms with van der Waals surface area (Å²) in [6.45, 7) is 3.19. The summed E-state index contributed by atoms with van der Waals surface area (Å²) >= 11 is 6.28. The van der Waals surface area contributed by atoms with Crippen LogP contribution in [0.15, 0.2) is 77.7 Å². The fourth-order valence-corrected chi connectivity index (χ4v) is 6.68. The van der Waals surface area contributed by atoms with Crippen molar-refractivity contribution in [2.45, 2.75) is 63.1 Å². The summed E-state index contributed by atoms with van der Waals surface area (Å²) in [5.41, 5.74) is 1.96. The van der Waals surface area contributed by atoms with Gasteiger partial charge in [-0.15, -0.1) is 0 Å². The lowest BCUT2D eigenvalue weighted by Gasteiger charge is -2.33. The molecule has 1 saturated carbocycles. The third kappa shape index (κ3) is 7.40. The number of benzene rings is 3. The molecule has 8 nitrogen and oxygen atoms in total. The van der Waals surface area contributed by atoms with Gasteiger partial charge in [-0.25, -0.2) is 8.42 Å². The van der Waals surface area contributed by atoms with Crippen molar-refractivity contribution in [1.29, 1.82) is 0 Å². The first-order valence-electron chi connectivity index (χ1n) is 13.7. The van der Waals surface area contributed by atoms with Crippen molar-refractivity contribution >= 4 is 39.1 Å². The molecular weight excluding hydrogens is 562 g/mol. The molecule has 0 spiro atoms. The van der Waals surface area contributed by atoms with Crippen molar-refractivity contribution in [3.05, 3.63) is 88.9 Å². The minimum absolute atomic E-state index is 0.00656. The van der Waals surface area contributed by atoms with E-state index in [0.717, 1.165) is 41.1 Å². The third-order valence-electron chi connectivity index (χ3n) is 7.32. The van der Waals surface area contributed by atoms with Crippen molar-refractivity contribution in [1.82, 2.24) is 10.2 Å². The van der Waals surface area contributed by atoms with Crippen LogP contribution in [0.3, 0.4) is 0 Å². The number of hydrogen-bond acceptors (Lipinski definition) is 5. The van der Waals surface area contributed by atoms with E-state index in [1.165, 1.54) is 30.2 Å². The predicted octanol–water partition coefficient (Wildman–Crippen LogP) is 5.33. The topological polar surface area (TPSA) is 96.0 Å². The molecule has 1 aliphatic carbocycles. The van der Waals surface area contributed by atoms with Crippen molar-refractivity contribution in [3.8, 4) is 5.75 Å². The van der Waals surface area contributed by atoms with Crippen LogP contribution in [0.1, 0.15) is 43.7 Å². The molecule has 0 aliphatic heterocycles. The smallest absolute Gasteiger partial charge is 0.264 e. The monoisotopic (exact) mass is 597 g/mol. The SMILES string of the molecule is COc1ccc(Cl)cc1N(CC(=O)N(Cc1cccc(C)c1)[C@H](C)C(=O)NC1CCCC1)S(=O)(=O)c1ccccc1. The first-order valence-corrected chi connectivity index (χ1v) is 15.5. The summed E-state index contributed by atoms with van der Waals surface area (Å²) in [6.07, 6.45) is 3.92. The highest BCUT2D eigenvalue weighted by Gasteiger charge is 2.34. The van der Waals surface area contributed by atoms with E-state index in [0.29, 0.717) is 0 Å². The summed E-state index contributed by atoms with van der Waals surface area (Å²) in [7, 11) is -2.81. The van der Waals surface area contributed by atoms with Crippen LogP contribution in [-0.4, -0.2) is 50.9 Å². The van der Waals surface area contributed by atoms with E-state index in [-0.39, 0.29) is 39.8 Å². The highest BCUT2D eigenvalue weighted by molar-refractivity contribution is 7.92. The number of hydrogen-bond donors (Lipinski definition) is 1. The Labute approximate surface area is 247 Å². The quantitative estimate of drug-likeness (QED) is 0.322. The van der Waals surface area contributed by atoms with Gasteiger partial charge in [-0.1, -0.05) is 72.5 Å². The van der Waals surface area contributed by atoms with Crippen molar-refractivity contribution in [3.63, 3.8) is 0 Å². The molecule has 3 aromatic rings. The van der Waals surface area contributed by atoms with Gasteiger partial charge in [0.25, 0.3) is 10.0 Å². The fourth-order valence-electron chi connectivity index (χ4n) is 5.07. The van der Waals surface area contributed by atoms with Gasteiger partial charge in [-0.2, -0.15) is 0 Å². The van der Waals surface area contributed by atoms with Gasteiger partial charge >= 0.3 is 0 Å². The van der Waals surface area contributed by atoms with Gasteiger partial charge in [-0.3, -0.25) is 13.9 Å². The number of carbonyl (C=O) groups is 2. The van der Waals surface area contributed by atoms with Gasteiger partial charge < -0.3 is 15.0 Å². The second-order valence-electron chi connectivity index (χ2n) is 10.3. The van der Waals surface area contributed by atoms with Crippen molar-refractivity contribution < 1.29 is 22.7 Å². The molecule has 0 aromatic heterocycles. The molecule has 1 fully saturated rings. The summed E-state index contributed by atoms with van der Waals surface area (Å²) in [6, 6.07) is 19.4. The van der Waals surface area contributed by atoms with Crippen LogP contribution in [0.25, 0.3) is 0 Å². The number of methoxy groups -OCH3 is 1. The Bertz CT molecular complexity index is 1480. The Morgan fingerprint density at radius 1 is 1.02 bits per heavy atom. The molecular formula is C31H36ClN3O5S. The van der Waals surface area contributed by atoms with Crippen LogP contribution >= 0.6 is 11.6 Å². The lowest BCUT2D eigenvalue weighted by Crippen LogP contribution is -2.52. The number of rotatable bonds is 11. The number of aryl methyl sites for hydroxylation is 1. The second kappa shape index (κ2) is 13.4. The molecule has 0 saturated heterocycles. The summed E-state index contributed by atoms with van der Waals surface area (Å²) < 4.78 is 34.4. The number of anilines is 1. The highest BCUT2D eigenvalue weighted by atomic mass is 35.5. The normalized spacial score (nSPS) is 14.3. The number of sulfonamides is 1. The maximum absolute atomic E-state index is 14.1. The molecule has 41 heavy (non-hydrogen) atoms. The largest absolute Gasteiger partial charge is 0.495 e. The predicted molar refractivity (Wildman–Crippen MR) is 161 cm³/mol. The van der Waals surface area contributed by atoms with Gasteiger partial charge in [0, 0.05) is 17.6 Å². The zero-order chi connectivity index (χ0) is 29.6. The second-order valence-corrected chi connectivity index (χ2v) is 12.6. The molecule has 218 valence electrons. The number of ether oxygens (including phenoxy) is 1. The van der Waals surface area contributed by atoms with Crippen LogP contribution in [0.2, 0.25) is 5.02 Å². The first kappa shape index (κ1) is 30.4. The summed E-state index contributed by atoms with van der Waals surface area (Å²) in [5, 5.41) is 3.36. The van der Waals surface area contributed by atoms with E-state index < -0.39 is 28.5 Å². The molecule has 1 aliphatic rings. The third-order valence-corrected chi connectivity index (χ3v) is 9.33. The molecule has 10 heteroatoms. The lowest BCUT2D eigenvalue weighted by molar-refractivity contribution is -0.139. The zero-order valence-electron chi connectivity index (χ0n) is 23.5. The maximum atomic E-state index is 14.1. The van der Waals surface area contributed by atoms with E-state index >= 15 is 0 Å². The molecule has 0 radical (unpaired) electrons. The molecule has 3 aromatic carbocycles. The van der Waals surface area contributed by atoms with Gasteiger partial charge in [0.15, 0.2) is 0 Å². The number of carbonyl (C=O) groups excluding carboxylic acids is 2. The van der Waals surface area contributed by atoms with Crippen LogP contribution < -0.4 is 14.4 Å². The zero-order valence-corrected chi connectivity index (χ0v) is 25.1. The van der Waals surface area contributed by atoms with Crippen molar-refractivity contribution in [2.24, 2.45) is 0 Å². The minimum atomic E-state index is -4.23. The van der Waals surface area contributed by atoms with E-state index in [4.69, 9.17) is 16.3 Å². The Kier molecular flexibility index (Phi) is 9.94. The standard InChI is InChI=1S/C31H36ClN3O5S/c1-22-10-9-11-24(18-22)20-34(23(2)31(37)33-26-12-7-8-13-26)30(36)21-35(28-19-25(32)16-17-29(28)40-3)41(38,39)27-14-5-4-6-15-27/h4-6,9-11,14-19,23,26H,7-8,12-13,20-21H2,1-3H3,(H,33,37)/t23-/m1/s1.